The van der Waals surface area contributed by atoms with E-state index in [0.29, 0.717) is 41.8 Å². The van der Waals surface area contributed by atoms with E-state index in [-0.39, 0.29) is 11.2 Å². The van der Waals surface area contributed by atoms with Crippen molar-refractivity contribution in [3.63, 3.8) is 0 Å². The molecule has 27 heavy (non-hydrogen) atoms. The van der Waals surface area contributed by atoms with Crippen LogP contribution in [0.5, 0.6) is 0 Å². The Morgan fingerprint density at radius 3 is 2.70 bits per heavy atom. The van der Waals surface area contributed by atoms with Crippen LogP contribution in [-0.2, 0) is 19.4 Å². The topological polar surface area (TPSA) is 102 Å². The lowest BCUT2D eigenvalue weighted by molar-refractivity contribution is -0.384. The van der Waals surface area contributed by atoms with Crippen molar-refractivity contribution < 1.29 is 4.92 Å². The fraction of sp³-hybridized carbons (Fsp3) is 0.316. The number of nitriles is 1. The molecule has 2 heterocycles. The van der Waals surface area contributed by atoms with E-state index in [9.17, 15) is 14.9 Å². The molecule has 0 fully saturated rings. The minimum Gasteiger partial charge on any atom is -0.296 e. The van der Waals surface area contributed by atoms with Crippen molar-refractivity contribution in [2.45, 2.75) is 39.2 Å². The molecule has 138 valence electrons. The number of non-ortho nitro benzene ring substituents is 1. The Morgan fingerprint density at radius 1 is 1.33 bits per heavy atom. The monoisotopic (exact) mass is 382 g/mol. The molecule has 0 atom stereocenters. The standard InChI is InChI=1S/C19H18N4O3S/c1-2-15-12-16-18(27-15)21-17(22(19(16)24)10-4-3-9-20)11-13-5-7-14(8-6-13)23(25)26/h5-8,12H,2-4,10-11H2,1H3. The van der Waals surface area contributed by atoms with Gasteiger partial charge in [0.25, 0.3) is 11.2 Å². The maximum absolute atomic E-state index is 13.0. The van der Waals surface area contributed by atoms with Gasteiger partial charge >= 0.3 is 0 Å². The first-order valence-electron chi connectivity index (χ1n) is 8.66. The van der Waals surface area contributed by atoms with E-state index in [1.165, 1.54) is 23.5 Å². The number of rotatable bonds is 7. The van der Waals surface area contributed by atoms with Gasteiger partial charge in [-0.3, -0.25) is 19.5 Å². The summed E-state index contributed by atoms with van der Waals surface area (Å²) in [6.45, 7) is 2.46. The van der Waals surface area contributed by atoms with Crippen LogP contribution in [-0.4, -0.2) is 14.5 Å². The lowest BCUT2D eigenvalue weighted by Gasteiger charge is -2.12. The Labute approximate surface area is 159 Å². The third kappa shape index (κ3) is 4.04. The maximum Gasteiger partial charge on any atom is 0.269 e. The molecule has 0 saturated heterocycles. The molecule has 7 nitrogen and oxygen atoms in total. The van der Waals surface area contributed by atoms with Gasteiger partial charge < -0.3 is 0 Å². The number of hydrogen-bond donors (Lipinski definition) is 0. The first-order chi connectivity index (χ1) is 13.0. The molecule has 0 saturated carbocycles. The van der Waals surface area contributed by atoms with Crippen LogP contribution >= 0.6 is 11.3 Å². The second-order valence-corrected chi connectivity index (χ2v) is 7.25. The summed E-state index contributed by atoms with van der Waals surface area (Å²) in [7, 11) is 0. The summed E-state index contributed by atoms with van der Waals surface area (Å²) in [5, 5.41) is 20.2. The molecule has 0 unspecified atom stereocenters. The van der Waals surface area contributed by atoms with Crippen molar-refractivity contribution in [2.24, 2.45) is 0 Å². The molecular formula is C19H18N4O3S. The summed E-state index contributed by atoms with van der Waals surface area (Å²) in [6.07, 6.45) is 2.18. The number of aryl methyl sites for hydroxylation is 1. The highest BCUT2D eigenvalue weighted by Crippen LogP contribution is 2.23. The maximum atomic E-state index is 13.0. The zero-order chi connectivity index (χ0) is 19.4. The second kappa shape index (κ2) is 8.10. The highest BCUT2D eigenvalue weighted by molar-refractivity contribution is 7.18. The number of hydrogen-bond acceptors (Lipinski definition) is 6. The van der Waals surface area contributed by atoms with Crippen LogP contribution in [0.1, 0.15) is 36.0 Å². The lowest BCUT2D eigenvalue weighted by Crippen LogP contribution is -2.25. The minimum atomic E-state index is -0.441. The first-order valence-corrected chi connectivity index (χ1v) is 9.47. The molecule has 0 aliphatic heterocycles. The van der Waals surface area contributed by atoms with E-state index in [1.54, 1.807) is 16.7 Å². The van der Waals surface area contributed by atoms with Crippen LogP contribution in [0, 0.1) is 21.4 Å². The van der Waals surface area contributed by atoms with Crippen LogP contribution in [0.25, 0.3) is 10.2 Å². The zero-order valence-electron chi connectivity index (χ0n) is 14.8. The van der Waals surface area contributed by atoms with Gasteiger partial charge in [0, 0.05) is 36.4 Å². The molecule has 1 aromatic carbocycles. The molecular weight excluding hydrogens is 364 g/mol. The van der Waals surface area contributed by atoms with Crippen molar-refractivity contribution in [1.29, 1.82) is 5.26 Å². The Balaban J connectivity index is 2.02. The van der Waals surface area contributed by atoms with Crippen molar-refractivity contribution >= 4 is 27.2 Å². The van der Waals surface area contributed by atoms with Crippen LogP contribution in [0.4, 0.5) is 5.69 Å². The van der Waals surface area contributed by atoms with Gasteiger partial charge in [-0.25, -0.2) is 4.98 Å². The van der Waals surface area contributed by atoms with E-state index in [1.807, 2.05) is 13.0 Å². The quantitative estimate of drug-likeness (QED) is 0.351. The van der Waals surface area contributed by atoms with Gasteiger partial charge in [0.15, 0.2) is 0 Å². The number of aromatic nitrogens is 2. The molecule has 0 amide bonds. The van der Waals surface area contributed by atoms with Crippen LogP contribution in [0.3, 0.4) is 0 Å². The summed E-state index contributed by atoms with van der Waals surface area (Å²) in [6, 6.07) is 10.3. The van der Waals surface area contributed by atoms with E-state index in [0.717, 1.165) is 16.9 Å². The highest BCUT2D eigenvalue weighted by atomic mass is 32.1. The number of thiophene rings is 1. The fourth-order valence-corrected chi connectivity index (χ4v) is 3.86. The fourth-order valence-electron chi connectivity index (χ4n) is 2.88. The molecule has 0 N–H and O–H groups in total. The summed E-state index contributed by atoms with van der Waals surface area (Å²) >= 11 is 1.51. The van der Waals surface area contributed by atoms with Crippen LogP contribution < -0.4 is 5.56 Å². The van der Waals surface area contributed by atoms with Gasteiger partial charge in [-0.1, -0.05) is 19.1 Å². The second-order valence-electron chi connectivity index (χ2n) is 6.13. The molecule has 0 aliphatic rings. The average Bonchev–Trinajstić information content (AvgIpc) is 3.08. The Bertz CT molecular complexity index is 1080. The van der Waals surface area contributed by atoms with Gasteiger partial charge in [0.05, 0.1) is 16.4 Å². The molecule has 3 rings (SSSR count). The van der Waals surface area contributed by atoms with Gasteiger partial charge in [-0.05, 0) is 24.5 Å². The molecule has 0 spiro atoms. The third-order valence-corrected chi connectivity index (χ3v) is 5.48. The van der Waals surface area contributed by atoms with Crippen molar-refractivity contribution in [3.8, 4) is 6.07 Å². The van der Waals surface area contributed by atoms with Crippen LogP contribution in [0.2, 0.25) is 0 Å². The summed E-state index contributed by atoms with van der Waals surface area (Å²) in [5.41, 5.74) is 0.776. The number of benzene rings is 1. The number of nitro groups is 1. The molecule has 3 aromatic rings. The molecule has 0 radical (unpaired) electrons. The molecule has 0 bridgehead atoms. The summed E-state index contributed by atoms with van der Waals surface area (Å²) in [4.78, 5) is 29.9. The summed E-state index contributed by atoms with van der Waals surface area (Å²) < 4.78 is 1.63. The van der Waals surface area contributed by atoms with Gasteiger partial charge in [0.1, 0.15) is 10.7 Å². The Hall–Kier alpha value is -3.05. The zero-order valence-corrected chi connectivity index (χ0v) is 15.7. The largest absolute Gasteiger partial charge is 0.296 e. The van der Waals surface area contributed by atoms with Crippen molar-refractivity contribution in [2.75, 3.05) is 0 Å². The normalized spacial score (nSPS) is 10.8. The van der Waals surface area contributed by atoms with E-state index < -0.39 is 4.92 Å². The first kappa shape index (κ1) is 18.7. The molecule has 0 aliphatic carbocycles. The highest BCUT2D eigenvalue weighted by Gasteiger charge is 2.15. The Kier molecular flexibility index (Phi) is 5.62. The Morgan fingerprint density at radius 2 is 2.07 bits per heavy atom. The van der Waals surface area contributed by atoms with E-state index in [4.69, 9.17) is 10.2 Å². The number of nitrogens with zero attached hydrogens (tertiary/aromatic N) is 4. The van der Waals surface area contributed by atoms with E-state index in [2.05, 4.69) is 6.07 Å². The van der Waals surface area contributed by atoms with Gasteiger partial charge in [0.2, 0.25) is 0 Å². The number of unbranched alkanes of at least 4 members (excludes halogenated alkanes) is 1. The van der Waals surface area contributed by atoms with Crippen molar-refractivity contribution in [1.82, 2.24) is 9.55 Å². The smallest absolute Gasteiger partial charge is 0.269 e. The van der Waals surface area contributed by atoms with Crippen molar-refractivity contribution in [3.05, 3.63) is 67.1 Å². The van der Waals surface area contributed by atoms with Gasteiger partial charge in [-0.2, -0.15) is 5.26 Å². The van der Waals surface area contributed by atoms with Crippen LogP contribution in [0.15, 0.2) is 35.1 Å². The average molecular weight is 382 g/mol. The minimum absolute atomic E-state index is 0.0272. The van der Waals surface area contributed by atoms with Gasteiger partial charge in [-0.15, -0.1) is 11.3 Å². The van der Waals surface area contributed by atoms with E-state index >= 15 is 0 Å². The number of nitro benzene ring substituents is 1. The molecule has 2 aromatic heterocycles. The SMILES string of the molecule is CCc1cc2c(=O)n(CCCC#N)c(Cc3ccc([N+](=O)[O-])cc3)nc2s1. The predicted molar refractivity (Wildman–Crippen MR) is 104 cm³/mol. The predicted octanol–water partition coefficient (Wildman–Crippen LogP) is 3.82. The lowest BCUT2D eigenvalue weighted by atomic mass is 10.1. The third-order valence-electron chi connectivity index (χ3n) is 4.31. The molecule has 8 heteroatoms. The number of fused-ring (bicyclic) bond motifs is 1. The summed E-state index contributed by atoms with van der Waals surface area (Å²) in [5.74, 6) is 0.615.